The van der Waals surface area contributed by atoms with Crippen LogP contribution in [-0.4, -0.2) is 5.38 Å². The summed E-state index contributed by atoms with van der Waals surface area (Å²) >= 11 is 5.70. The fraction of sp³-hybridized carbons (Fsp3) is 0.778. The van der Waals surface area contributed by atoms with E-state index in [-0.39, 0.29) is 5.38 Å². The van der Waals surface area contributed by atoms with Crippen LogP contribution >= 0.6 is 11.6 Å². The van der Waals surface area contributed by atoms with E-state index in [0.717, 1.165) is 0 Å². The molecule has 0 aliphatic rings. The van der Waals surface area contributed by atoms with E-state index in [0.29, 0.717) is 0 Å². The minimum atomic E-state index is 0.196. The van der Waals surface area contributed by atoms with E-state index < -0.39 is 0 Å². The van der Waals surface area contributed by atoms with E-state index in [1.807, 2.05) is 6.92 Å². The molecule has 0 aliphatic heterocycles. The van der Waals surface area contributed by atoms with Gasteiger partial charge in [0.1, 0.15) is 0 Å². The lowest BCUT2D eigenvalue weighted by molar-refractivity contribution is 0.728. The van der Waals surface area contributed by atoms with Gasteiger partial charge in [-0.15, -0.1) is 11.6 Å². The van der Waals surface area contributed by atoms with Crippen molar-refractivity contribution in [2.24, 2.45) is 0 Å². The Balaban J connectivity index is 3.02. The van der Waals surface area contributed by atoms with Crippen molar-refractivity contribution < 1.29 is 0 Å². The molecule has 0 aliphatic carbocycles. The van der Waals surface area contributed by atoms with E-state index in [4.69, 9.17) is 11.6 Å². The lowest BCUT2D eigenvalue weighted by Gasteiger charge is -1.92. The van der Waals surface area contributed by atoms with E-state index in [1.54, 1.807) is 0 Å². The second kappa shape index (κ2) is 7.14. The standard InChI is InChI=1S/C9H17Cl/c1-3-4-5-6-7-8-9(2)10/h7-9H,3-6H2,1-2H3. The molecular weight excluding hydrogens is 144 g/mol. The topological polar surface area (TPSA) is 0 Å². The monoisotopic (exact) mass is 160 g/mol. The first-order valence-electron chi connectivity index (χ1n) is 4.08. The van der Waals surface area contributed by atoms with Gasteiger partial charge in [-0.1, -0.05) is 31.9 Å². The Morgan fingerprint density at radius 3 is 2.60 bits per heavy atom. The maximum atomic E-state index is 5.70. The van der Waals surface area contributed by atoms with Crippen molar-refractivity contribution >= 4 is 11.6 Å². The summed E-state index contributed by atoms with van der Waals surface area (Å²) in [4.78, 5) is 0. The van der Waals surface area contributed by atoms with Gasteiger partial charge in [-0.25, -0.2) is 0 Å². The van der Waals surface area contributed by atoms with Gasteiger partial charge in [-0.2, -0.15) is 0 Å². The van der Waals surface area contributed by atoms with Crippen molar-refractivity contribution in [3.8, 4) is 0 Å². The van der Waals surface area contributed by atoms with Crippen molar-refractivity contribution in [1.82, 2.24) is 0 Å². The first-order chi connectivity index (χ1) is 4.77. The first-order valence-corrected chi connectivity index (χ1v) is 4.51. The molecule has 0 nitrogen and oxygen atoms in total. The quantitative estimate of drug-likeness (QED) is 0.327. The summed E-state index contributed by atoms with van der Waals surface area (Å²) in [6, 6.07) is 0. The maximum Gasteiger partial charge on any atom is 0.0487 e. The Kier molecular flexibility index (Phi) is 7.16. The average molecular weight is 161 g/mol. The summed E-state index contributed by atoms with van der Waals surface area (Å²) in [6.45, 7) is 4.20. The molecule has 1 unspecified atom stereocenters. The van der Waals surface area contributed by atoms with Crippen molar-refractivity contribution in [2.45, 2.75) is 44.9 Å². The highest BCUT2D eigenvalue weighted by Crippen LogP contribution is 2.02. The molecule has 0 spiro atoms. The molecule has 1 heteroatoms. The number of unbranched alkanes of at least 4 members (excludes halogenated alkanes) is 3. The SMILES string of the molecule is CCCCCC=CC(C)Cl. The van der Waals surface area contributed by atoms with E-state index in [9.17, 15) is 0 Å². The molecule has 0 aromatic rings. The Hall–Kier alpha value is 0.0300. The zero-order valence-electron chi connectivity index (χ0n) is 6.94. The highest BCUT2D eigenvalue weighted by atomic mass is 35.5. The van der Waals surface area contributed by atoms with Crippen LogP contribution in [0.4, 0.5) is 0 Å². The molecule has 0 N–H and O–H groups in total. The minimum Gasteiger partial charge on any atom is -0.119 e. The number of rotatable bonds is 5. The highest BCUT2D eigenvalue weighted by Gasteiger charge is 1.85. The Morgan fingerprint density at radius 2 is 2.10 bits per heavy atom. The molecular formula is C9H17Cl. The third kappa shape index (κ3) is 8.03. The van der Waals surface area contributed by atoms with Crippen LogP contribution in [-0.2, 0) is 0 Å². The van der Waals surface area contributed by atoms with Gasteiger partial charge in [0.25, 0.3) is 0 Å². The van der Waals surface area contributed by atoms with Crippen LogP contribution in [0, 0.1) is 0 Å². The van der Waals surface area contributed by atoms with Gasteiger partial charge >= 0.3 is 0 Å². The van der Waals surface area contributed by atoms with E-state index in [2.05, 4.69) is 19.1 Å². The third-order valence-electron chi connectivity index (χ3n) is 1.38. The molecule has 0 rings (SSSR count). The summed E-state index contributed by atoms with van der Waals surface area (Å²) in [6.07, 6.45) is 9.34. The maximum absolute atomic E-state index is 5.70. The lowest BCUT2D eigenvalue weighted by Crippen LogP contribution is -1.80. The highest BCUT2D eigenvalue weighted by molar-refractivity contribution is 6.21. The van der Waals surface area contributed by atoms with Gasteiger partial charge in [-0.3, -0.25) is 0 Å². The van der Waals surface area contributed by atoms with Crippen LogP contribution in [0.5, 0.6) is 0 Å². The molecule has 10 heavy (non-hydrogen) atoms. The van der Waals surface area contributed by atoms with Crippen molar-refractivity contribution in [3.63, 3.8) is 0 Å². The number of allylic oxidation sites excluding steroid dienone is 2. The van der Waals surface area contributed by atoms with Crippen LogP contribution in [0.15, 0.2) is 12.2 Å². The van der Waals surface area contributed by atoms with Crippen LogP contribution < -0.4 is 0 Å². The van der Waals surface area contributed by atoms with Crippen LogP contribution in [0.25, 0.3) is 0 Å². The second-order valence-electron chi connectivity index (χ2n) is 2.60. The Morgan fingerprint density at radius 1 is 1.40 bits per heavy atom. The summed E-state index contributed by atoms with van der Waals surface area (Å²) in [5.74, 6) is 0. The molecule has 0 aromatic carbocycles. The normalized spacial score (nSPS) is 14.3. The van der Waals surface area contributed by atoms with Gasteiger partial charge in [0, 0.05) is 5.38 Å². The molecule has 0 heterocycles. The van der Waals surface area contributed by atoms with Gasteiger partial charge in [0.05, 0.1) is 0 Å². The molecule has 60 valence electrons. The van der Waals surface area contributed by atoms with Crippen LogP contribution in [0.2, 0.25) is 0 Å². The van der Waals surface area contributed by atoms with Crippen LogP contribution in [0.1, 0.15) is 39.5 Å². The fourth-order valence-corrected chi connectivity index (χ4v) is 0.899. The summed E-state index contributed by atoms with van der Waals surface area (Å²) < 4.78 is 0. The summed E-state index contributed by atoms with van der Waals surface area (Å²) in [7, 11) is 0. The number of alkyl halides is 1. The minimum absolute atomic E-state index is 0.196. The van der Waals surface area contributed by atoms with E-state index in [1.165, 1.54) is 25.7 Å². The summed E-state index contributed by atoms with van der Waals surface area (Å²) in [5, 5.41) is 0.196. The van der Waals surface area contributed by atoms with Gasteiger partial charge in [-0.05, 0) is 19.8 Å². The second-order valence-corrected chi connectivity index (χ2v) is 3.29. The fourth-order valence-electron chi connectivity index (χ4n) is 0.796. The van der Waals surface area contributed by atoms with E-state index >= 15 is 0 Å². The molecule has 0 fully saturated rings. The smallest absolute Gasteiger partial charge is 0.0487 e. The zero-order chi connectivity index (χ0) is 7.82. The number of hydrogen-bond donors (Lipinski definition) is 0. The predicted molar refractivity (Wildman–Crippen MR) is 48.6 cm³/mol. The van der Waals surface area contributed by atoms with Crippen LogP contribution in [0.3, 0.4) is 0 Å². The largest absolute Gasteiger partial charge is 0.119 e. The molecule has 1 atom stereocenters. The van der Waals surface area contributed by atoms with Crippen molar-refractivity contribution in [2.75, 3.05) is 0 Å². The Labute approximate surface area is 69.3 Å². The molecule has 0 bridgehead atoms. The summed E-state index contributed by atoms with van der Waals surface area (Å²) in [5.41, 5.74) is 0. The molecule has 0 saturated heterocycles. The zero-order valence-corrected chi connectivity index (χ0v) is 7.69. The van der Waals surface area contributed by atoms with Crippen molar-refractivity contribution in [1.29, 1.82) is 0 Å². The first kappa shape index (κ1) is 10.0. The molecule has 0 aromatic heterocycles. The molecule has 0 amide bonds. The number of hydrogen-bond acceptors (Lipinski definition) is 0. The van der Waals surface area contributed by atoms with Gasteiger partial charge < -0.3 is 0 Å². The lowest BCUT2D eigenvalue weighted by atomic mass is 10.2. The number of halogens is 1. The Bertz CT molecular complexity index is 84.7. The van der Waals surface area contributed by atoms with Crippen molar-refractivity contribution in [3.05, 3.63) is 12.2 Å². The molecule has 0 radical (unpaired) electrons. The predicted octanol–water partition coefficient (Wildman–Crippen LogP) is 3.75. The third-order valence-corrected chi connectivity index (χ3v) is 1.52. The molecule has 0 saturated carbocycles. The van der Waals surface area contributed by atoms with Gasteiger partial charge in [0.2, 0.25) is 0 Å². The average Bonchev–Trinajstić information content (AvgIpc) is 1.87. The van der Waals surface area contributed by atoms with Gasteiger partial charge in [0.15, 0.2) is 0 Å².